The van der Waals surface area contributed by atoms with Gasteiger partial charge < -0.3 is 4.74 Å². The van der Waals surface area contributed by atoms with Gasteiger partial charge in [0.05, 0.1) is 6.10 Å². The Morgan fingerprint density at radius 1 is 1.55 bits per heavy atom. The quantitative estimate of drug-likeness (QED) is 0.601. The molecule has 1 atom stereocenters. The summed E-state index contributed by atoms with van der Waals surface area (Å²) in [7, 11) is 0. The summed E-state index contributed by atoms with van der Waals surface area (Å²) in [6.45, 7) is 5.34. The summed E-state index contributed by atoms with van der Waals surface area (Å²) in [4.78, 5) is 0. The molecule has 0 amide bonds. The maximum atomic E-state index is 5.82. The molecule has 0 aromatic heterocycles. The fraction of sp³-hybridized carbons (Fsp3) is 1.00. The van der Waals surface area contributed by atoms with Crippen molar-refractivity contribution in [1.82, 2.24) is 0 Å². The Morgan fingerprint density at radius 2 is 2.27 bits per heavy atom. The van der Waals surface area contributed by atoms with Crippen molar-refractivity contribution in [3.63, 3.8) is 0 Å². The maximum Gasteiger partial charge on any atom is 0.0581 e. The lowest BCUT2D eigenvalue weighted by Crippen LogP contribution is -2.21. The van der Waals surface area contributed by atoms with Gasteiger partial charge in [-0.1, -0.05) is 13.8 Å². The molecule has 0 aromatic rings. The third-order valence-corrected chi connectivity index (χ3v) is 2.89. The van der Waals surface area contributed by atoms with Crippen LogP contribution in [0.15, 0.2) is 0 Å². The number of rotatable bonds is 3. The summed E-state index contributed by atoms with van der Waals surface area (Å²) in [5, 5.41) is 0. The van der Waals surface area contributed by atoms with Crippen molar-refractivity contribution in [2.45, 2.75) is 39.2 Å². The van der Waals surface area contributed by atoms with Gasteiger partial charge in [0.25, 0.3) is 0 Å². The first-order chi connectivity index (χ1) is 5.14. The second-order valence-corrected chi connectivity index (χ2v) is 4.40. The van der Waals surface area contributed by atoms with Gasteiger partial charge in [0.2, 0.25) is 0 Å². The molecule has 0 aliphatic carbocycles. The molecule has 1 fully saturated rings. The minimum absolute atomic E-state index is 0.247. The van der Waals surface area contributed by atoms with Crippen LogP contribution in [-0.4, -0.2) is 18.6 Å². The monoisotopic (exact) mass is 176 g/mol. The third kappa shape index (κ3) is 3.00. The van der Waals surface area contributed by atoms with Gasteiger partial charge in [-0.15, -0.1) is 11.6 Å². The van der Waals surface area contributed by atoms with E-state index in [1.807, 2.05) is 0 Å². The standard InChI is InChI=1S/C9H17ClO/c1-9(2,7-10)6-8-4-3-5-11-8/h8H,3-7H2,1-2H3/t8-/m1/s1. The average Bonchev–Trinajstić information content (AvgIpc) is 2.39. The van der Waals surface area contributed by atoms with Gasteiger partial charge in [-0.2, -0.15) is 0 Å². The van der Waals surface area contributed by atoms with Crippen LogP contribution in [0.4, 0.5) is 0 Å². The Labute approximate surface area is 74.1 Å². The van der Waals surface area contributed by atoms with Gasteiger partial charge in [-0.25, -0.2) is 0 Å². The highest BCUT2D eigenvalue weighted by Crippen LogP contribution is 2.29. The molecule has 2 heteroatoms. The van der Waals surface area contributed by atoms with E-state index in [-0.39, 0.29) is 5.41 Å². The van der Waals surface area contributed by atoms with Gasteiger partial charge in [0.15, 0.2) is 0 Å². The second-order valence-electron chi connectivity index (χ2n) is 4.14. The lowest BCUT2D eigenvalue weighted by Gasteiger charge is -2.24. The Morgan fingerprint density at radius 3 is 2.73 bits per heavy atom. The van der Waals surface area contributed by atoms with Crippen molar-refractivity contribution < 1.29 is 4.74 Å². The Hall–Kier alpha value is 0.250. The van der Waals surface area contributed by atoms with E-state index >= 15 is 0 Å². The first kappa shape index (κ1) is 9.34. The largest absolute Gasteiger partial charge is 0.378 e. The highest BCUT2D eigenvalue weighted by molar-refractivity contribution is 6.18. The van der Waals surface area contributed by atoms with Gasteiger partial charge in [0, 0.05) is 12.5 Å². The highest BCUT2D eigenvalue weighted by Gasteiger charge is 2.25. The number of halogens is 1. The minimum Gasteiger partial charge on any atom is -0.378 e. The normalized spacial score (nSPS) is 25.9. The summed E-state index contributed by atoms with van der Waals surface area (Å²) in [5.74, 6) is 0.729. The minimum atomic E-state index is 0.247. The zero-order valence-electron chi connectivity index (χ0n) is 7.40. The molecule has 0 N–H and O–H groups in total. The molecule has 1 rings (SSSR count). The first-order valence-corrected chi connectivity index (χ1v) is 4.85. The molecular weight excluding hydrogens is 160 g/mol. The van der Waals surface area contributed by atoms with Crippen LogP contribution in [0.1, 0.15) is 33.1 Å². The van der Waals surface area contributed by atoms with E-state index in [1.54, 1.807) is 0 Å². The SMILES string of the molecule is CC(C)(CCl)C[C@H]1CCCO1. The zero-order chi connectivity index (χ0) is 8.32. The summed E-state index contributed by atoms with van der Waals surface area (Å²) in [6, 6.07) is 0. The number of hydrogen-bond donors (Lipinski definition) is 0. The summed E-state index contributed by atoms with van der Waals surface area (Å²) < 4.78 is 5.53. The maximum absolute atomic E-state index is 5.82. The fourth-order valence-electron chi connectivity index (χ4n) is 1.48. The van der Waals surface area contributed by atoms with Crippen molar-refractivity contribution >= 4 is 11.6 Å². The van der Waals surface area contributed by atoms with E-state index in [0.29, 0.717) is 6.10 Å². The Kier molecular flexibility index (Phi) is 3.20. The van der Waals surface area contributed by atoms with Crippen molar-refractivity contribution in [2.75, 3.05) is 12.5 Å². The number of ether oxygens (including phenoxy) is 1. The number of alkyl halides is 1. The van der Waals surface area contributed by atoms with Gasteiger partial charge in [-0.3, -0.25) is 0 Å². The van der Waals surface area contributed by atoms with Crippen LogP contribution < -0.4 is 0 Å². The molecular formula is C9H17ClO. The van der Waals surface area contributed by atoms with Crippen LogP contribution in [0.3, 0.4) is 0 Å². The van der Waals surface area contributed by atoms with Gasteiger partial charge in [0.1, 0.15) is 0 Å². The molecule has 0 aromatic carbocycles. The molecule has 0 radical (unpaired) electrons. The summed E-state index contributed by atoms with van der Waals surface area (Å²) in [6.07, 6.45) is 4.03. The molecule has 0 spiro atoms. The molecule has 1 aliphatic heterocycles. The molecule has 1 aliphatic rings. The van der Waals surface area contributed by atoms with Crippen LogP contribution in [0, 0.1) is 5.41 Å². The van der Waals surface area contributed by atoms with E-state index in [4.69, 9.17) is 16.3 Å². The average molecular weight is 177 g/mol. The van der Waals surface area contributed by atoms with E-state index in [1.165, 1.54) is 12.8 Å². The van der Waals surface area contributed by atoms with Crippen LogP contribution >= 0.6 is 11.6 Å². The number of hydrogen-bond acceptors (Lipinski definition) is 1. The Bertz CT molecular complexity index is 117. The smallest absolute Gasteiger partial charge is 0.0581 e. The summed E-state index contributed by atoms with van der Waals surface area (Å²) in [5.41, 5.74) is 0.247. The second kappa shape index (κ2) is 3.77. The van der Waals surface area contributed by atoms with Crippen molar-refractivity contribution in [2.24, 2.45) is 5.41 Å². The fourth-order valence-corrected chi connectivity index (χ4v) is 1.59. The predicted molar refractivity (Wildman–Crippen MR) is 48.1 cm³/mol. The molecule has 0 unspecified atom stereocenters. The van der Waals surface area contributed by atoms with Crippen molar-refractivity contribution in [3.05, 3.63) is 0 Å². The van der Waals surface area contributed by atoms with E-state index in [2.05, 4.69) is 13.8 Å². The van der Waals surface area contributed by atoms with Gasteiger partial charge >= 0.3 is 0 Å². The first-order valence-electron chi connectivity index (χ1n) is 4.32. The zero-order valence-corrected chi connectivity index (χ0v) is 8.16. The summed E-state index contributed by atoms with van der Waals surface area (Å²) >= 11 is 5.82. The molecule has 11 heavy (non-hydrogen) atoms. The Balaban J connectivity index is 2.28. The molecule has 1 nitrogen and oxygen atoms in total. The van der Waals surface area contributed by atoms with Gasteiger partial charge in [-0.05, 0) is 24.7 Å². The lowest BCUT2D eigenvalue weighted by atomic mass is 9.88. The van der Waals surface area contributed by atoms with E-state index in [9.17, 15) is 0 Å². The third-order valence-electron chi connectivity index (χ3n) is 2.17. The van der Waals surface area contributed by atoms with E-state index < -0.39 is 0 Å². The highest BCUT2D eigenvalue weighted by atomic mass is 35.5. The molecule has 0 bridgehead atoms. The molecule has 0 saturated carbocycles. The molecule has 1 saturated heterocycles. The molecule has 1 heterocycles. The van der Waals surface area contributed by atoms with Crippen LogP contribution in [0.25, 0.3) is 0 Å². The van der Waals surface area contributed by atoms with E-state index in [0.717, 1.165) is 18.9 Å². The van der Waals surface area contributed by atoms with Crippen LogP contribution in [0.5, 0.6) is 0 Å². The van der Waals surface area contributed by atoms with Crippen LogP contribution in [-0.2, 0) is 4.74 Å². The van der Waals surface area contributed by atoms with Crippen LogP contribution in [0.2, 0.25) is 0 Å². The predicted octanol–water partition coefficient (Wildman–Crippen LogP) is 2.82. The van der Waals surface area contributed by atoms with Crippen molar-refractivity contribution in [3.8, 4) is 0 Å². The van der Waals surface area contributed by atoms with Crippen molar-refractivity contribution in [1.29, 1.82) is 0 Å². The topological polar surface area (TPSA) is 9.23 Å². The molecule has 66 valence electrons. The lowest BCUT2D eigenvalue weighted by molar-refractivity contribution is 0.0771.